The van der Waals surface area contributed by atoms with Crippen LogP contribution in [0.2, 0.25) is 0 Å². The highest BCUT2D eigenvalue weighted by atomic mass is 79.9. The number of halogens is 1. The van der Waals surface area contributed by atoms with Crippen LogP contribution in [0, 0.1) is 0 Å². The maximum Gasteiger partial charge on any atom is 0.145 e. The second kappa shape index (κ2) is 3.52. The van der Waals surface area contributed by atoms with E-state index in [1.54, 1.807) is 0 Å². The molecule has 0 saturated heterocycles. The molecule has 0 radical (unpaired) electrons. The molecule has 3 rings (SSSR count). The molecule has 80 valence electrons. The van der Waals surface area contributed by atoms with Gasteiger partial charge in [-0.3, -0.25) is 0 Å². The minimum absolute atomic E-state index is 0.795. The van der Waals surface area contributed by atoms with Crippen LogP contribution in [-0.4, -0.2) is 0 Å². The summed E-state index contributed by atoms with van der Waals surface area (Å²) in [5.41, 5.74) is 8.98. The molecule has 0 bridgehead atoms. The summed E-state index contributed by atoms with van der Waals surface area (Å²) >= 11 is 3.50. The fraction of sp³-hybridized carbons (Fsp3) is 0.0769. The smallest absolute Gasteiger partial charge is 0.145 e. The first-order valence-corrected chi connectivity index (χ1v) is 5.87. The lowest BCUT2D eigenvalue weighted by Crippen LogP contribution is -2.06. The SMILES string of the molecule is Nc1cccc2c1Cc1cccc(Br)c1O2. The van der Waals surface area contributed by atoms with E-state index in [9.17, 15) is 0 Å². The molecule has 1 aliphatic rings. The molecule has 16 heavy (non-hydrogen) atoms. The number of para-hydroxylation sites is 1. The Hall–Kier alpha value is -1.48. The van der Waals surface area contributed by atoms with Gasteiger partial charge < -0.3 is 10.5 Å². The molecule has 2 N–H and O–H groups in total. The first kappa shape index (κ1) is 9.73. The maximum atomic E-state index is 5.94. The third kappa shape index (κ3) is 1.39. The molecule has 0 amide bonds. The molecule has 3 heteroatoms. The number of fused-ring (bicyclic) bond motifs is 2. The molecule has 0 unspecified atom stereocenters. The van der Waals surface area contributed by atoms with Crippen molar-refractivity contribution in [2.45, 2.75) is 6.42 Å². The average molecular weight is 276 g/mol. The van der Waals surface area contributed by atoms with E-state index in [4.69, 9.17) is 10.5 Å². The Morgan fingerprint density at radius 3 is 2.81 bits per heavy atom. The average Bonchev–Trinajstić information content (AvgIpc) is 2.29. The highest BCUT2D eigenvalue weighted by Crippen LogP contribution is 2.42. The van der Waals surface area contributed by atoms with Crippen LogP contribution in [0.4, 0.5) is 5.69 Å². The summed E-state index contributed by atoms with van der Waals surface area (Å²) in [6, 6.07) is 11.8. The Balaban J connectivity index is 2.17. The fourth-order valence-electron chi connectivity index (χ4n) is 1.97. The summed E-state index contributed by atoms with van der Waals surface area (Å²) < 4.78 is 6.85. The van der Waals surface area contributed by atoms with Crippen LogP contribution in [0.25, 0.3) is 0 Å². The lowest BCUT2D eigenvalue weighted by atomic mass is 9.99. The van der Waals surface area contributed by atoms with Crippen molar-refractivity contribution in [2.24, 2.45) is 0 Å². The monoisotopic (exact) mass is 275 g/mol. The summed E-state index contributed by atoms with van der Waals surface area (Å²) in [7, 11) is 0. The Morgan fingerprint density at radius 2 is 1.94 bits per heavy atom. The van der Waals surface area contributed by atoms with E-state index in [-0.39, 0.29) is 0 Å². The molecule has 0 spiro atoms. The predicted molar refractivity (Wildman–Crippen MR) is 67.9 cm³/mol. The van der Waals surface area contributed by atoms with E-state index in [0.29, 0.717) is 0 Å². The standard InChI is InChI=1S/C13H10BrNO/c14-10-4-1-3-8-7-9-11(15)5-2-6-12(9)16-13(8)10/h1-6H,7,15H2. The van der Waals surface area contributed by atoms with Crippen molar-refractivity contribution in [1.82, 2.24) is 0 Å². The zero-order valence-corrected chi connectivity index (χ0v) is 10.1. The molecule has 0 aliphatic carbocycles. The zero-order valence-electron chi connectivity index (χ0n) is 8.53. The minimum Gasteiger partial charge on any atom is -0.456 e. The Morgan fingerprint density at radius 1 is 1.12 bits per heavy atom. The van der Waals surface area contributed by atoms with Gasteiger partial charge in [-0.05, 0) is 34.1 Å². The molecule has 2 nitrogen and oxygen atoms in total. The first-order valence-electron chi connectivity index (χ1n) is 5.08. The van der Waals surface area contributed by atoms with E-state index in [1.165, 1.54) is 5.56 Å². The number of rotatable bonds is 0. The normalized spacial score (nSPS) is 12.6. The first-order chi connectivity index (χ1) is 7.75. The van der Waals surface area contributed by atoms with Gasteiger partial charge in [0.15, 0.2) is 0 Å². The fourth-order valence-corrected chi connectivity index (χ4v) is 2.46. The molecule has 1 aliphatic heterocycles. The minimum atomic E-state index is 0.795. The van der Waals surface area contributed by atoms with Crippen molar-refractivity contribution in [3.8, 4) is 11.5 Å². The number of hydrogen-bond acceptors (Lipinski definition) is 2. The Bertz CT molecular complexity index is 514. The van der Waals surface area contributed by atoms with Crippen molar-refractivity contribution >= 4 is 21.6 Å². The van der Waals surface area contributed by atoms with Crippen molar-refractivity contribution in [1.29, 1.82) is 0 Å². The van der Waals surface area contributed by atoms with Crippen LogP contribution in [0.1, 0.15) is 11.1 Å². The molecular weight excluding hydrogens is 266 g/mol. The topological polar surface area (TPSA) is 35.2 Å². The van der Waals surface area contributed by atoms with Crippen LogP contribution >= 0.6 is 15.9 Å². The van der Waals surface area contributed by atoms with E-state index < -0.39 is 0 Å². The van der Waals surface area contributed by atoms with Crippen LogP contribution in [-0.2, 0) is 6.42 Å². The molecule has 1 heterocycles. The number of hydrogen-bond donors (Lipinski definition) is 1. The third-order valence-electron chi connectivity index (χ3n) is 2.80. The van der Waals surface area contributed by atoms with E-state index in [2.05, 4.69) is 22.0 Å². The van der Waals surface area contributed by atoms with Crippen LogP contribution < -0.4 is 10.5 Å². The number of ether oxygens (including phenoxy) is 1. The molecular formula is C13H10BrNO. The van der Waals surface area contributed by atoms with Gasteiger partial charge in [-0.15, -0.1) is 0 Å². The lowest BCUT2D eigenvalue weighted by Gasteiger charge is -2.22. The molecule has 0 saturated carbocycles. The Kier molecular flexibility index (Phi) is 2.14. The summed E-state index contributed by atoms with van der Waals surface area (Å²) in [5.74, 6) is 1.76. The van der Waals surface area contributed by atoms with Gasteiger partial charge in [0.25, 0.3) is 0 Å². The zero-order chi connectivity index (χ0) is 11.1. The highest BCUT2D eigenvalue weighted by molar-refractivity contribution is 9.10. The van der Waals surface area contributed by atoms with Crippen LogP contribution in [0.15, 0.2) is 40.9 Å². The van der Waals surface area contributed by atoms with Gasteiger partial charge >= 0.3 is 0 Å². The summed E-state index contributed by atoms with van der Waals surface area (Å²) in [4.78, 5) is 0. The van der Waals surface area contributed by atoms with Gasteiger partial charge in [0.1, 0.15) is 11.5 Å². The van der Waals surface area contributed by atoms with Crippen LogP contribution in [0.3, 0.4) is 0 Å². The Labute approximate surface area is 102 Å². The van der Waals surface area contributed by atoms with E-state index >= 15 is 0 Å². The van der Waals surface area contributed by atoms with Gasteiger partial charge in [-0.2, -0.15) is 0 Å². The van der Waals surface area contributed by atoms with E-state index in [1.807, 2.05) is 30.3 Å². The van der Waals surface area contributed by atoms with Crippen molar-refractivity contribution in [3.63, 3.8) is 0 Å². The number of nitrogens with two attached hydrogens (primary N) is 1. The summed E-state index contributed by atoms with van der Waals surface area (Å²) in [6.45, 7) is 0. The predicted octanol–water partition coefficient (Wildman–Crippen LogP) is 3.73. The summed E-state index contributed by atoms with van der Waals surface area (Å²) in [5, 5.41) is 0. The third-order valence-corrected chi connectivity index (χ3v) is 3.42. The quantitative estimate of drug-likeness (QED) is 0.635. The lowest BCUT2D eigenvalue weighted by molar-refractivity contribution is 0.457. The van der Waals surface area contributed by atoms with E-state index in [0.717, 1.165) is 33.6 Å². The van der Waals surface area contributed by atoms with Gasteiger partial charge in [-0.1, -0.05) is 18.2 Å². The molecule has 0 fully saturated rings. The maximum absolute atomic E-state index is 5.94. The van der Waals surface area contributed by atoms with Gasteiger partial charge in [0, 0.05) is 23.2 Å². The highest BCUT2D eigenvalue weighted by Gasteiger charge is 2.20. The van der Waals surface area contributed by atoms with Crippen molar-refractivity contribution < 1.29 is 4.74 Å². The van der Waals surface area contributed by atoms with Gasteiger partial charge in [0.2, 0.25) is 0 Å². The van der Waals surface area contributed by atoms with Crippen LogP contribution in [0.5, 0.6) is 11.5 Å². The van der Waals surface area contributed by atoms with Crippen molar-refractivity contribution in [3.05, 3.63) is 52.0 Å². The second-order valence-electron chi connectivity index (χ2n) is 3.83. The van der Waals surface area contributed by atoms with Gasteiger partial charge in [-0.25, -0.2) is 0 Å². The number of nitrogen functional groups attached to an aromatic ring is 1. The summed E-state index contributed by atoms with van der Waals surface area (Å²) in [6.07, 6.45) is 0.830. The van der Waals surface area contributed by atoms with Gasteiger partial charge in [0.05, 0.1) is 4.47 Å². The molecule has 2 aromatic carbocycles. The molecule has 2 aromatic rings. The largest absolute Gasteiger partial charge is 0.456 e. The molecule has 0 atom stereocenters. The number of benzene rings is 2. The second-order valence-corrected chi connectivity index (χ2v) is 4.69. The number of anilines is 1. The molecule has 0 aromatic heterocycles. The van der Waals surface area contributed by atoms with Crippen molar-refractivity contribution in [2.75, 3.05) is 5.73 Å².